The van der Waals surface area contributed by atoms with Crippen LogP contribution in [0.3, 0.4) is 0 Å². The van der Waals surface area contributed by atoms with Crippen molar-refractivity contribution in [2.45, 2.75) is 63.9 Å². The summed E-state index contributed by atoms with van der Waals surface area (Å²) in [6, 6.07) is 12.6. The van der Waals surface area contributed by atoms with Crippen molar-refractivity contribution in [2.24, 2.45) is 16.8 Å². The van der Waals surface area contributed by atoms with Gasteiger partial charge in [0.1, 0.15) is 6.61 Å². The summed E-state index contributed by atoms with van der Waals surface area (Å²) in [6.07, 6.45) is 3.19. The molecule has 1 N–H and O–H groups in total. The van der Waals surface area contributed by atoms with Gasteiger partial charge in [0.15, 0.2) is 17.3 Å². The van der Waals surface area contributed by atoms with Crippen LogP contribution in [0.1, 0.15) is 63.5 Å². The Morgan fingerprint density at radius 2 is 1.95 bits per heavy atom. The minimum Gasteiger partial charge on any atom is -0.490 e. The highest BCUT2D eigenvalue weighted by molar-refractivity contribution is 9.10. The highest BCUT2D eigenvalue weighted by Gasteiger charge is 2.41. The molecule has 0 radical (unpaired) electrons. The molecule has 0 amide bonds. The highest BCUT2D eigenvalue weighted by Crippen LogP contribution is 2.48. The Bertz CT molecular complexity index is 1510. The van der Waals surface area contributed by atoms with Crippen molar-refractivity contribution < 1.29 is 22.7 Å². The highest BCUT2D eigenvalue weighted by atomic mass is 79.9. The number of hydrogen-bond acceptors (Lipinski definition) is 7. The monoisotopic (exact) mass is 627 g/mol. The molecule has 0 bridgehead atoms. The third-order valence-corrected chi connectivity index (χ3v) is 9.36. The van der Waals surface area contributed by atoms with E-state index in [0.29, 0.717) is 45.8 Å². The Hall–Kier alpha value is -3.00. The Balaban J connectivity index is 1.71. The van der Waals surface area contributed by atoms with Crippen molar-refractivity contribution in [3.05, 3.63) is 63.3 Å². The van der Waals surface area contributed by atoms with Crippen molar-refractivity contribution in [1.29, 1.82) is 5.26 Å². The molecule has 0 saturated heterocycles. The number of nitrogens with zero attached hydrogens (tertiary/aromatic N) is 2. The van der Waals surface area contributed by atoms with Crippen LogP contribution in [-0.4, -0.2) is 33.6 Å². The number of aliphatic imine (C=N–C) groups is 1. The van der Waals surface area contributed by atoms with E-state index in [1.807, 2.05) is 26.0 Å². The first-order chi connectivity index (χ1) is 19.1. The smallest absolute Gasteiger partial charge is 0.240 e. The van der Waals surface area contributed by atoms with Crippen LogP contribution in [0.2, 0.25) is 0 Å². The molecule has 0 aromatic heterocycles. The molecular formula is C30H34BrN3O5S. The van der Waals surface area contributed by atoms with Crippen LogP contribution >= 0.6 is 15.9 Å². The first kappa shape index (κ1) is 30.0. The van der Waals surface area contributed by atoms with E-state index in [-0.39, 0.29) is 23.2 Å². The molecule has 10 heteroatoms. The predicted molar refractivity (Wildman–Crippen MR) is 157 cm³/mol. The molecule has 0 fully saturated rings. The van der Waals surface area contributed by atoms with E-state index in [4.69, 9.17) is 14.5 Å². The number of rotatable bonds is 10. The first-order valence-electron chi connectivity index (χ1n) is 13.5. The zero-order valence-electron chi connectivity index (χ0n) is 23.2. The average Bonchev–Trinajstić information content (AvgIpc) is 2.92. The van der Waals surface area contributed by atoms with Gasteiger partial charge in [-0.15, -0.1) is 0 Å². The van der Waals surface area contributed by atoms with Gasteiger partial charge in [0.2, 0.25) is 10.0 Å². The Morgan fingerprint density at radius 1 is 1.18 bits per heavy atom. The molecule has 1 heterocycles. The second-order valence-electron chi connectivity index (χ2n) is 10.1. The topological polar surface area (TPSA) is 118 Å². The number of allylic oxidation sites excluding steroid dienone is 2. The number of sulfonamides is 1. The van der Waals surface area contributed by atoms with E-state index in [1.165, 1.54) is 13.1 Å². The van der Waals surface area contributed by atoms with E-state index in [0.717, 1.165) is 30.5 Å². The number of nitrogens with one attached hydrogen (secondary N) is 1. The van der Waals surface area contributed by atoms with Crippen molar-refractivity contribution in [3.8, 4) is 17.6 Å². The number of hydrogen-bond donors (Lipinski definition) is 1. The summed E-state index contributed by atoms with van der Waals surface area (Å²) >= 11 is 3.63. The lowest BCUT2D eigenvalue weighted by molar-refractivity contribution is -0.117. The number of Topliss-reactive ketones (excluding diaryl/α,β-unsaturated/α-hetero) is 1. The standard InChI is InChI=1S/C30H34BrN3O5S/c1-5-8-19-12-25-29(26(35)13-19)28(23(16-32)18(3)34-25)21-14-24(31)30(27(15-21)38-6-2)39-17-20-9-7-10-22(11-20)40(36,37)33-4/h7,9-11,14-15,19,23,28,33H,5-6,8,12-13,17H2,1-4H3. The second kappa shape index (κ2) is 12.7. The maximum Gasteiger partial charge on any atom is 0.240 e. The van der Waals surface area contributed by atoms with Gasteiger partial charge in [0.05, 0.1) is 28.0 Å². The number of nitriles is 1. The summed E-state index contributed by atoms with van der Waals surface area (Å²) < 4.78 is 39.5. The van der Waals surface area contributed by atoms with Crippen molar-refractivity contribution in [2.75, 3.05) is 13.7 Å². The van der Waals surface area contributed by atoms with Crippen molar-refractivity contribution >= 4 is 37.4 Å². The fourth-order valence-corrected chi connectivity index (χ4v) is 6.90. The molecule has 1 aliphatic heterocycles. The van der Waals surface area contributed by atoms with E-state index in [1.54, 1.807) is 18.2 Å². The quantitative estimate of drug-likeness (QED) is 0.342. The maximum absolute atomic E-state index is 13.5. The lowest BCUT2D eigenvalue weighted by atomic mass is 9.70. The summed E-state index contributed by atoms with van der Waals surface area (Å²) in [5, 5.41) is 10.1. The molecular weight excluding hydrogens is 594 g/mol. The lowest BCUT2D eigenvalue weighted by Crippen LogP contribution is -2.32. The number of carbonyl (C=O) groups excluding carboxylic acids is 1. The van der Waals surface area contributed by atoms with Crippen LogP contribution in [0.4, 0.5) is 0 Å². The molecule has 212 valence electrons. The van der Waals surface area contributed by atoms with Gasteiger partial charge in [-0.25, -0.2) is 13.1 Å². The largest absolute Gasteiger partial charge is 0.490 e. The molecule has 2 aromatic carbocycles. The number of ketones is 1. The van der Waals surface area contributed by atoms with E-state index in [2.05, 4.69) is 33.6 Å². The molecule has 1 aliphatic carbocycles. The lowest BCUT2D eigenvalue weighted by Gasteiger charge is -2.35. The number of ether oxygens (including phenoxy) is 2. The van der Waals surface area contributed by atoms with E-state index >= 15 is 0 Å². The van der Waals surface area contributed by atoms with Gasteiger partial charge in [0.25, 0.3) is 0 Å². The van der Waals surface area contributed by atoms with Crippen LogP contribution in [0, 0.1) is 23.2 Å². The first-order valence-corrected chi connectivity index (χ1v) is 15.7. The molecule has 4 rings (SSSR count). The number of halogens is 1. The number of carbonyl (C=O) groups is 1. The molecule has 2 aliphatic rings. The van der Waals surface area contributed by atoms with Gasteiger partial charge in [-0.3, -0.25) is 9.79 Å². The molecule has 8 nitrogen and oxygen atoms in total. The second-order valence-corrected chi connectivity index (χ2v) is 12.8. The normalized spacial score (nSPS) is 20.9. The summed E-state index contributed by atoms with van der Waals surface area (Å²) in [4.78, 5) is 18.3. The van der Waals surface area contributed by atoms with Crippen LogP contribution in [0.5, 0.6) is 11.5 Å². The predicted octanol–water partition coefficient (Wildman–Crippen LogP) is 6.07. The minimum absolute atomic E-state index is 0.0620. The third kappa shape index (κ3) is 6.17. The van der Waals surface area contributed by atoms with Crippen molar-refractivity contribution in [1.82, 2.24) is 4.72 Å². The van der Waals surface area contributed by atoms with Gasteiger partial charge in [0, 0.05) is 29.3 Å². The van der Waals surface area contributed by atoms with Crippen LogP contribution in [0.25, 0.3) is 0 Å². The molecule has 0 spiro atoms. The van der Waals surface area contributed by atoms with Crippen molar-refractivity contribution in [3.63, 3.8) is 0 Å². The molecule has 2 aromatic rings. The minimum atomic E-state index is -3.59. The zero-order valence-corrected chi connectivity index (χ0v) is 25.6. The molecule has 3 atom stereocenters. The SMILES string of the molecule is CCCC1CC(=O)C2=C(C1)N=C(C)C(C#N)C2c1cc(Br)c(OCc2cccc(S(=O)(=O)NC)c2)c(OCC)c1. The fourth-order valence-electron chi connectivity index (χ4n) is 5.52. The molecule has 40 heavy (non-hydrogen) atoms. The summed E-state index contributed by atoms with van der Waals surface area (Å²) in [7, 11) is -2.22. The van der Waals surface area contributed by atoms with Gasteiger partial charge in [-0.1, -0.05) is 25.5 Å². The summed E-state index contributed by atoms with van der Waals surface area (Å²) in [5.74, 6) is 0.226. The fraction of sp³-hybridized carbons (Fsp3) is 0.433. The molecule has 0 saturated carbocycles. The van der Waals surface area contributed by atoms with Gasteiger partial charge < -0.3 is 9.47 Å². The van der Waals surface area contributed by atoms with Crippen LogP contribution in [0.15, 0.2) is 62.0 Å². The summed E-state index contributed by atoms with van der Waals surface area (Å²) in [6.45, 7) is 6.33. The Kier molecular flexibility index (Phi) is 9.49. The number of benzene rings is 2. The summed E-state index contributed by atoms with van der Waals surface area (Å²) in [5.41, 5.74) is 3.59. The molecule has 3 unspecified atom stereocenters. The van der Waals surface area contributed by atoms with E-state index in [9.17, 15) is 18.5 Å². The zero-order chi connectivity index (χ0) is 29.0. The van der Waals surface area contributed by atoms with Crippen LogP contribution < -0.4 is 14.2 Å². The van der Waals surface area contributed by atoms with Gasteiger partial charge in [-0.05, 0) is 91.0 Å². The Morgan fingerprint density at radius 3 is 2.62 bits per heavy atom. The van der Waals surface area contributed by atoms with Crippen LogP contribution in [-0.2, 0) is 21.4 Å². The van der Waals surface area contributed by atoms with Gasteiger partial charge >= 0.3 is 0 Å². The third-order valence-electron chi connectivity index (χ3n) is 7.36. The van der Waals surface area contributed by atoms with E-state index < -0.39 is 21.9 Å². The van der Waals surface area contributed by atoms with Gasteiger partial charge in [-0.2, -0.15) is 5.26 Å². The maximum atomic E-state index is 13.5. The Labute approximate surface area is 244 Å². The average molecular weight is 629 g/mol.